The second-order valence-electron chi connectivity index (χ2n) is 4.01. The summed E-state index contributed by atoms with van der Waals surface area (Å²) in [6.45, 7) is 2.52. The van der Waals surface area contributed by atoms with E-state index in [9.17, 15) is 8.78 Å². The first-order valence-corrected chi connectivity index (χ1v) is 6.85. The van der Waals surface area contributed by atoms with Crippen molar-refractivity contribution >= 4 is 11.3 Å². The van der Waals surface area contributed by atoms with Gasteiger partial charge >= 0.3 is 0 Å². The Bertz CT molecular complexity index is 519. The number of methoxy groups -OCH3 is 1. The largest absolute Gasteiger partial charge is 0.497 e. The van der Waals surface area contributed by atoms with E-state index in [1.54, 1.807) is 0 Å². The molecule has 0 saturated heterocycles. The number of nitrogens with one attached hydrogen (secondary N) is 1. The van der Waals surface area contributed by atoms with Gasteiger partial charge in [-0.25, -0.2) is 8.78 Å². The number of halogens is 2. The van der Waals surface area contributed by atoms with E-state index >= 15 is 0 Å². The van der Waals surface area contributed by atoms with Crippen molar-refractivity contribution in [3.05, 3.63) is 51.7 Å². The fourth-order valence-electron chi connectivity index (χ4n) is 1.96. The van der Waals surface area contributed by atoms with Gasteiger partial charge in [0.1, 0.15) is 17.4 Å². The van der Waals surface area contributed by atoms with E-state index in [4.69, 9.17) is 4.74 Å². The third-order valence-electron chi connectivity index (χ3n) is 2.81. The zero-order valence-electron chi connectivity index (χ0n) is 10.7. The minimum absolute atomic E-state index is 0.0325. The summed E-state index contributed by atoms with van der Waals surface area (Å²) in [6, 6.07) is 5.66. The standard InChI is InChI=1S/C14H15F2NOS/c1-3-17-14(12-5-4-6-19-12)13-10(15)7-9(18-2)8-11(13)16/h4-8,14,17H,3H2,1-2H3. The van der Waals surface area contributed by atoms with Crippen LogP contribution in [0.25, 0.3) is 0 Å². The average molecular weight is 283 g/mol. The van der Waals surface area contributed by atoms with Crippen LogP contribution in [0.2, 0.25) is 0 Å². The van der Waals surface area contributed by atoms with E-state index in [2.05, 4.69) is 5.32 Å². The summed E-state index contributed by atoms with van der Waals surface area (Å²) in [7, 11) is 1.38. The van der Waals surface area contributed by atoms with Crippen molar-refractivity contribution in [2.75, 3.05) is 13.7 Å². The Morgan fingerprint density at radius 1 is 1.32 bits per heavy atom. The zero-order valence-corrected chi connectivity index (χ0v) is 11.6. The van der Waals surface area contributed by atoms with Crippen LogP contribution in [0, 0.1) is 11.6 Å². The van der Waals surface area contributed by atoms with Gasteiger partial charge in [0.25, 0.3) is 0 Å². The quantitative estimate of drug-likeness (QED) is 0.902. The number of thiophene rings is 1. The zero-order chi connectivity index (χ0) is 13.8. The smallest absolute Gasteiger partial charge is 0.134 e. The number of hydrogen-bond acceptors (Lipinski definition) is 3. The van der Waals surface area contributed by atoms with E-state index in [-0.39, 0.29) is 11.3 Å². The Kier molecular flexibility index (Phi) is 4.50. The molecule has 1 aromatic heterocycles. The molecule has 0 aliphatic rings. The molecule has 5 heteroatoms. The number of hydrogen-bond donors (Lipinski definition) is 1. The highest BCUT2D eigenvalue weighted by atomic mass is 32.1. The van der Waals surface area contributed by atoms with Crippen molar-refractivity contribution in [1.29, 1.82) is 0 Å². The van der Waals surface area contributed by atoms with Gasteiger partial charge < -0.3 is 10.1 Å². The molecule has 0 aliphatic heterocycles. The summed E-state index contributed by atoms with van der Waals surface area (Å²) in [6.07, 6.45) is 0. The molecule has 0 fully saturated rings. The highest BCUT2D eigenvalue weighted by molar-refractivity contribution is 7.10. The molecule has 0 radical (unpaired) electrons. The van der Waals surface area contributed by atoms with Crippen molar-refractivity contribution in [2.45, 2.75) is 13.0 Å². The maximum Gasteiger partial charge on any atom is 0.134 e. The molecule has 2 nitrogen and oxygen atoms in total. The van der Waals surface area contributed by atoms with Crippen LogP contribution in [0.15, 0.2) is 29.6 Å². The number of rotatable bonds is 5. The van der Waals surface area contributed by atoms with Gasteiger partial charge in [-0.15, -0.1) is 11.3 Å². The van der Waals surface area contributed by atoms with Gasteiger partial charge in [0, 0.05) is 22.6 Å². The van der Waals surface area contributed by atoms with Gasteiger partial charge in [-0.2, -0.15) is 0 Å². The molecule has 1 heterocycles. The molecular weight excluding hydrogens is 268 g/mol. The molecule has 0 amide bonds. The SMILES string of the molecule is CCNC(c1cccs1)c1c(F)cc(OC)cc1F. The van der Waals surface area contributed by atoms with Crippen LogP contribution in [0.5, 0.6) is 5.75 Å². The van der Waals surface area contributed by atoms with Gasteiger partial charge in [0.2, 0.25) is 0 Å². The molecular formula is C14H15F2NOS. The van der Waals surface area contributed by atoms with Crippen LogP contribution in [0.3, 0.4) is 0 Å². The lowest BCUT2D eigenvalue weighted by atomic mass is 10.0. The third-order valence-corrected chi connectivity index (χ3v) is 3.75. The Labute approximate surface area is 115 Å². The Morgan fingerprint density at radius 3 is 2.47 bits per heavy atom. The highest BCUT2D eigenvalue weighted by Crippen LogP contribution is 2.31. The molecule has 0 saturated carbocycles. The van der Waals surface area contributed by atoms with Crippen LogP contribution in [0.4, 0.5) is 8.78 Å². The first kappa shape index (κ1) is 14.0. The van der Waals surface area contributed by atoms with E-state index in [1.807, 2.05) is 24.4 Å². The van der Waals surface area contributed by atoms with Crippen molar-refractivity contribution < 1.29 is 13.5 Å². The number of ether oxygens (including phenoxy) is 1. The summed E-state index contributed by atoms with van der Waals surface area (Å²) >= 11 is 1.47. The molecule has 2 aromatic rings. The molecule has 19 heavy (non-hydrogen) atoms. The first-order valence-electron chi connectivity index (χ1n) is 5.97. The van der Waals surface area contributed by atoms with E-state index in [0.717, 1.165) is 4.88 Å². The van der Waals surface area contributed by atoms with Crippen molar-refractivity contribution in [3.63, 3.8) is 0 Å². The summed E-state index contributed by atoms with van der Waals surface area (Å²) in [5.74, 6) is -1.02. The molecule has 0 bridgehead atoms. The summed E-state index contributed by atoms with van der Waals surface area (Å²) in [5, 5.41) is 5.00. The van der Waals surface area contributed by atoms with Gasteiger partial charge in [-0.1, -0.05) is 13.0 Å². The van der Waals surface area contributed by atoms with Crippen molar-refractivity contribution in [2.24, 2.45) is 0 Å². The summed E-state index contributed by atoms with van der Waals surface area (Å²) in [5.41, 5.74) is 0.0325. The fourth-order valence-corrected chi connectivity index (χ4v) is 2.77. The Hall–Kier alpha value is -1.46. The van der Waals surface area contributed by atoms with Crippen molar-refractivity contribution in [1.82, 2.24) is 5.32 Å². The van der Waals surface area contributed by atoms with Gasteiger partial charge in [0.05, 0.1) is 13.2 Å². The Balaban J connectivity index is 2.48. The van der Waals surface area contributed by atoms with Crippen LogP contribution < -0.4 is 10.1 Å². The lowest BCUT2D eigenvalue weighted by Gasteiger charge is -2.19. The molecule has 1 N–H and O–H groups in total. The Morgan fingerprint density at radius 2 is 2.00 bits per heavy atom. The second-order valence-corrected chi connectivity index (χ2v) is 4.99. The first-order chi connectivity index (χ1) is 9.17. The molecule has 0 aliphatic carbocycles. The monoisotopic (exact) mass is 283 g/mol. The lowest BCUT2D eigenvalue weighted by Crippen LogP contribution is -2.23. The maximum atomic E-state index is 14.1. The summed E-state index contributed by atoms with van der Waals surface area (Å²) in [4.78, 5) is 0.879. The second kappa shape index (κ2) is 6.12. The van der Waals surface area contributed by atoms with Gasteiger partial charge in [0.15, 0.2) is 0 Å². The minimum atomic E-state index is -0.601. The molecule has 0 spiro atoms. The predicted octanol–water partition coefficient (Wildman–Crippen LogP) is 3.73. The molecule has 1 unspecified atom stereocenters. The molecule has 2 rings (SSSR count). The van der Waals surface area contributed by atoms with Crippen LogP contribution in [-0.2, 0) is 0 Å². The van der Waals surface area contributed by atoms with E-state index < -0.39 is 17.7 Å². The number of benzene rings is 1. The fraction of sp³-hybridized carbons (Fsp3) is 0.286. The molecule has 1 atom stereocenters. The summed E-state index contributed by atoms with van der Waals surface area (Å²) < 4.78 is 33.1. The van der Waals surface area contributed by atoms with Gasteiger partial charge in [-0.05, 0) is 18.0 Å². The molecule has 1 aromatic carbocycles. The van der Waals surface area contributed by atoms with Crippen LogP contribution >= 0.6 is 11.3 Å². The maximum absolute atomic E-state index is 14.1. The topological polar surface area (TPSA) is 21.3 Å². The van der Waals surface area contributed by atoms with Crippen molar-refractivity contribution in [3.8, 4) is 5.75 Å². The third kappa shape index (κ3) is 2.93. The normalized spacial score (nSPS) is 12.4. The highest BCUT2D eigenvalue weighted by Gasteiger charge is 2.23. The molecule has 102 valence electrons. The predicted molar refractivity (Wildman–Crippen MR) is 72.7 cm³/mol. The van der Waals surface area contributed by atoms with E-state index in [0.29, 0.717) is 6.54 Å². The van der Waals surface area contributed by atoms with Gasteiger partial charge in [-0.3, -0.25) is 0 Å². The van der Waals surface area contributed by atoms with E-state index in [1.165, 1.54) is 30.6 Å². The lowest BCUT2D eigenvalue weighted by molar-refractivity contribution is 0.403. The van der Waals surface area contributed by atoms with Crippen LogP contribution in [-0.4, -0.2) is 13.7 Å². The minimum Gasteiger partial charge on any atom is -0.497 e. The van der Waals surface area contributed by atoms with Crippen LogP contribution in [0.1, 0.15) is 23.4 Å². The average Bonchev–Trinajstić information content (AvgIpc) is 2.90.